The molecule has 1 heterocycles. The topological polar surface area (TPSA) is 45.6 Å². The van der Waals surface area contributed by atoms with Gasteiger partial charge in [0.25, 0.3) is 0 Å². The van der Waals surface area contributed by atoms with Gasteiger partial charge in [-0.25, -0.2) is 0 Å². The number of rotatable bonds is 5. The van der Waals surface area contributed by atoms with Gasteiger partial charge in [0.15, 0.2) is 0 Å². The molecule has 4 nitrogen and oxygen atoms in total. The first-order valence-corrected chi connectivity index (χ1v) is 5.72. The first-order chi connectivity index (χ1) is 7.80. The summed E-state index contributed by atoms with van der Waals surface area (Å²) in [6.07, 6.45) is 0. The van der Waals surface area contributed by atoms with Crippen LogP contribution >= 0.6 is 0 Å². The van der Waals surface area contributed by atoms with Gasteiger partial charge in [-0.05, 0) is 27.8 Å². The number of pyridine rings is 1. The SMILES string of the molecule is COc1cc(C)nc(CN(C)CC(C)(C)O)c1. The molecule has 0 bridgehead atoms. The van der Waals surface area contributed by atoms with Crippen LogP contribution in [0.1, 0.15) is 25.2 Å². The van der Waals surface area contributed by atoms with E-state index in [-0.39, 0.29) is 0 Å². The minimum absolute atomic E-state index is 0.602. The van der Waals surface area contributed by atoms with Crippen LogP contribution in [0, 0.1) is 6.92 Å². The Bertz CT molecular complexity index is 372. The van der Waals surface area contributed by atoms with E-state index in [4.69, 9.17) is 4.74 Å². The highest BCUT2D eigenvalue weighted by Crippen LogP contribution is 2.15. The molecule has 0 spiro atoms. The molecule has 0 saturated heterocycles. The molecule has 1 rings (SSSR count). The van der Waals surface area contributed by atoms with Crippen LogP contribution in [0.5, 0.6) is 5.75 Å². The highest BCUT2D eigenvalue weighted by molar-refractivity contribution is 5.26. The number of nitrogens with zero attached hydrogens (tertiary/aromatic N) is 2. The van der Waals surface area contributed by atoms with Crippen molar-refractivity contribution in [3.8, 4) is 5.75 Å². The molecule has 0 aliphatic carbocycles. The molecule has 96 valence electrons. The molecule has 0 atom stereocenters. The van der Waals surface area contributed by atoms with Gasteiger partial charge in [-0.2, -0.15) is 0 Å². The van der Waals surface area contributed by atoms with Crippen LogP contribution in [0.15, 0.2) is 12.1 Å². The molecule has 1 aromatic heterocycles. The van der Waals surface area contributed by atoms with Gasteiger partial charge in [-0.3, -0.25) is 9.88 Å². The number of aromatic nitrogens is 1. The van der Waals surface area contributed by atoms with E-state index in [1.807, 2.05) is 31.0 Å². The summed E-state index contributed by atoms with van der Waals surface area (Å²) in [6.45, 7) is 6.84. The second-order valence-corrected chi connectivity index (χ2v) is 5.12. The summed E-state index contributed by atoms with van der Waals surface area (Å²) in [6, 6.07) is 3.83. The van der Waals surface area contributed by atoms with Crippen LogP contribution < -0.4 is 4.74 Å². The number of likely N-dealkylation sites (N-methyl/N-ethyl adjacent to an activating group) is 1. The number of aryl methyl sites for hydroxylation is 1. The van der Waals surface area contributed by atoms with Crippen LogP contribution in [0.2, 0.25) is 0 Å². The Balaban J connectivity index is 2.71. The molecule has 0 aromatic carbocycles. The summed E-state index contributed by atoms with van der Waals surface area (Å²) in [5, 5.41) is 9.73. The average Bonchev–Trinajstić information content (AvgIpc) is 2.13. The van der Waals surface area contributed by atoms with Crippen LogP contribution in [0.25, 0.3) is 0 Å². The smallest absolute Gasteiger partial charge is 0.122 e. The van der Waals surface area contributed by atoms with E-state index in [1.54, 1.807) is 21.0 Å². The Morgan fingerprint density at radius 2 is 2.06 bits per heavy atom. The van der Waals surface area contributed by atoms with E-state index in [0.29, 0.717) is 13.1 Å². The van der Waals surface area contributed by atoms with Crippen molar-refractivity contribution in [3.05, 3.63) is 23.5 Å². The Morgan fingerprint density at radius 1 is 1.41 bits per heavy atom. The molecule has 0 aliphatic heterocycles. The van der Waals surface area contributed by atoms with Gasteiger partial charge in [0.1, 0.15) is 5.75 Å². The Morgan fingerprint density at radius 3 is 2.59 bits per heavy atom. The molecule has 17 heavy (non-hydrogen) atoms. The third-order valence-corrected chi connectivity index (χ3v) is 2.30. The molecule has 0 amide bonds. The Kier molecular flexibility index (Phi) is 4.48. The van der Waals surface area contributed by atoms with Crippen molar-refractivity contribution in [1.82, 2.24) is 9.88 Å². The van der Waals surface area contributed by atoms with Gasteiger partial charge < -0.3 is 9.84 Å². The van der Waals surface area contributed by atoms with Gasteiger partial charge in [0.05, 0.1) is 18.4 Å². The van der Waals surface area contributed by atoms with E-state index in [0.717, 1.165) is 17.1 Å². The number of ether oxygens (including phenoxy) is 1. The second kappa shape index (κ2) is 5.47. The molecule has 0 fully saturated rings. The number of aliphatic hydroxyl groups is 1. The van der Waals surface area contributed by atoms with Crippen molar-refractivity contribution in [2.45, 2.75) is 32.9 Å². The van der Waals surface area contributed by atoms with Gasteiger partial charge in [0.2, 0.25) is 0 Å². The minimum Gasteiger partial charge on any atom is -0.497 e. The van der Waals surface area contributed by atoms with Crippen LogP contribution in [0.3, 0.4) is 0 Å². The van der Waals surface area contributed by atoms with Crippen LogP contribution in [0.4, 0.5) is 0 Å². The highest BCUT2D eigenvalue weighted by atomic mass is 16.5. The lowest BCUT2D eigenvalue weighted by atomic mass is 10.1. The van der Waals surface area contributed by atoms with E-state index in [2.05, 4.69) is 4.98 Å². The maximum Gasteiger partial charge on any atom is 0.122 e. The minimum atomic E-state index is -0.692. The molecule has 1 aromatic rings. The first kappa shape index (κ1) is 13.9. The van der Waals surface area contributed by atoms with Crippen molar-refractivity contribution < 1.29 is 9.84 Å². The Hall–Kier alpha value is -1.13. The third kappa shape index (κ3) is 5.15. The van der Waals surface area contributed by atoms with Crippen molar-refractivity contribution >= 4 is 0 Å². The molecule has 0 radical (unpaired) electrons. The van der Waals surface area contributed by atoms with Crippen LogP contribution in [-0.4, -0.2) is 41.3 Å². The van der Waals surface area contributed by atoms with Crippen molar-refractivity contribution in [2.75, 3.05) is 20.7 Å². The highest BCUT2D eigenvalue weighted by Gasteiger charge is 2.16. The average molecular weight is 238 g/mol. The van der Waals surface area contributed by atoms with Crippen molar-refractivity contribution in [1.29, 1.82) is 0 Å². The monoisotopic (exact) mass is 238 g/mol. The third-order valence-electron chi connectivity index (χ3n) is 2.30. The van der Waals surface area contributed by atoms with E-state index < -0.39 is 5.60 Å². The zero-order valence-electron chi connectivity index (χ0n) is 11.3. The summed E-state index contributed by atoms with van der Waals surface area (Å²) < 4.78 is 5.21. The standard InChI is InChI=1S/C13H22N2O2/c1-10-6-12(17-5)7-11(14-10)8-15(4)9-13(2,3)16/h6-7,16H,8-9H2,1-5H3. The first-order valence-electron chi connectivity index (χ1n) is 5.72. The zero-order valence-corrected chi connectivity index (χ0v) is 11.3. The van der Waals surface area contributed by atoms with E-state index >= 15 is 0 Å². The molecule has 0 unspecified atom stereocenters. The molecule has 0 saturated carbocycles. The molecular weight excluding hydrogens is 216 g/mol. The fourth-order valence-corrected chi connectivity index (χ4v) is 1.89. The number of hydrogen-bond acceptors (Lipinski definition) is 4. The molecule has 0 aliphatic rings. The normalized spacial score (nSPS) is 11.9. The summed E-state index contributed by atoms with van der Waals surface area (Å²) in [7, 11) is 3.62. The van der Waals surface area contributed by atoms with Crippen LogP contribution in [-0.2, 0) is 6.54 Å². The Labute approximate surface area is 103 Å². The molecule has 1 N–H and O–H groups in total. The number of methoxy groups -OCH3 is 1. The lowest BCUT2D eigenvalue weighted by Crippen LogP contribution is -2.36. The maximum atomic E-state index is 9.73. The predicted octanol–water partition coefficient (Wildman–Crippen LogP) is 1.60. The fraction of sp³-hybridized carbons (Fsp3) is 0.615. The molecule has 4 heteroatoms. The lowest BCUT2D eigenvalue weighted by molar-refractivity contribution is 0.0421. The van der Waals surface area contributed by atoms with Crippen molar-refractivity contribution in [3.63, 3.8) is 0 Å². The van der Waals surface area contributed by atoms with Gasteiger partial charge in [-0.15, -0.1) is 0 Å². The van der Waals surface area contributed by atoms with E-state index in [1.165, 1.54) is 0 Å². The van der Waals surface area contributed by atoms with Gasteiger partial charge in [0, 0.05) is 30.9 Å². The van der Waals surface area contributed by atoms with Gasteiger partial charge in [-0.1, -0.05) is 0 Å². The maximum absolute atomic E-state index is 9.73. The van der Waals surface area contributed by atoms with Gasteiger partial charge >= 0.3 is 0 Å². The predicted molar refractivity (Wildman–Crippen MR) is 68.2 cm³/mol. The summed E-state index contributed by atoms with van der Waals surface area (Å²) >= 11 is 0. The molecular formula is C13H22N2O2. The summed E-state index contributed by atoms with van der Waals surface area (Å²) in [5.74, 6) is 0.823. The fourth-order valence-electron chi connectivity index (χ4n) is 1.89. The largest absolute Gasteiger partial charge is 0.497 e. The van der Waals surface area contributed by atoms with Crippen molar-refractivity contribution in [2.24, 2.45) is 0 Å². The second-order valence-electron chi connectivity index (χ2n) is 5.12. The summed E-state index contributed by atoms with van der Waals surface area (Å²) in [5.41, 5.74) is 1.20. The lowest BCUT2D eigenvalue weighted by Gasteiger charge is -2.25. The number of hydrogen-bond donors (Lipinski definition) is 1. The van der Waals surface area contributed by atoms with E-state index in [9.17, 15) is 5.11 Å². The summed E-state index contributed by atoms with van der Waals surface area (Å²) in [4.78, 5) is 6.49. The zero-order chi connectivity index (χ0) is 13.1. The quantitative estimate of drug-likeness (QED) is 0.846.